The average Bonchev–Trinajstić information content (AvgIpc) is 3.36. The van der Waals surface area contributed by atoms with Crippen LogP contribution in [0.2, 0.25) is 5.15 Å². The number of halogens is 4. The molecule has 10 heteroatoms. The number of rotatable bonds is 4. The van der Waals surface area contributed by atoms with Crippen molar-refractivity contribution in [3.8, 4) is 11.3 Å². The molecule has 6 nitrogen and oxygen atoms in total. The first-order valence-electron chi connectivity index (χ1n) is 8.60. The van der Waals surface area contributed by atoms with Gasteiger partial charge in [-0.05, 0) is 43.9 Å². The van der Waals surface area contributed by atoms with Crippen molar-refractivity contribution < 1.29 is 18.0 Å². The molecule has 1 N–H and O–H groups in total. The summed E-state index contributed by atoms with van der Waals surface area (Å²) in [5.41, 5.74) is 1.98. The number of fused-ring (bicyclic) bond motifs is 1. The summed E-state index contributed by atoms with van der Waals surface area (Å²) in [4.78, 5) is 20.8. The molecule has 1 aliphatic carbocycles. The third-order valence-corrected chi connectivity index (χ3v) is 4.91. The summed E-state index contributed by atoms with van der Waals surface area (Å²) in [6.45, 7) is 1.75. The number of aryl methyl sites for hydroxylation is 1. The molecule has 3 heterocycles. The summed E-state index contributed by atoms with van der Waals surface area (Å²) in [6.07, 6.45) is -2.04. The average molecular weight is 410 g/mol. The summed E-state index contributed by atoms with van der Waals surface area (Å²) >= 11 is 6.11. The number of nitrogens with zero attached hydrogens (tertiary/aromatic N) is 4. The van der Waals surface area contributed by atoms with Crippen molar-refractivity contribution in [1.29, 1.82) is 0 Å². The Kier molecular flexibility index (Phi) is 4.49. The van der Waals surface area contributed by atoms with E-state index in [0.29, 0.717) is 35.4 Å². The van der Waals surface area contributed by atoms with Crippen LogP contribution in [0, 0.1) is 12.8 Å². The van der Waals surface area contributed by atoms with Crippen LogP contribution in [-0.2, 0) is 0 Å². The molecule has 1 atom stereocenters. The molecule has 0 aliphatic heterocycles. The fourth-order valence-corrected chi connectivity index (χ4v) is 3.28. The van der Waals surface area contributed by atoms with Gasteiger partial charge in [-0.3, -0.25) is 4.79 Å². The lowest BCUT2D eigenvalue weighted by atomic mass is 10.1. The third kappa shape index (κ3) is 3.54. The van der Waals surface area contributed by atoms with E-state index in [4.69, 9.17) is 11.6 Å². The number of nitrogens with one attached hydrogen (secondary N) is 1. The molecule has 28 heavy (non-hydrogen) atoms. The van der Waals surface area contributed by atoms with Gasteiger partial charge in [0.15, 0.2) is 11.3 Å². The molecule has 3 aromatic heterocycles. The minimum absolute atomic E-state index is 0.125. The van der Waals surface area contributed by atoms with E-state index < -0.39 is 24.0 Å². The van der Waals surface area contributed by atoms with Gasteiger partial charge in [-0.15, -0.1) is 0 Å². The summed E-state index contributed by atoms with van der Waals surface area (Å²) < 4.78 is 40.9. The highest BCUT2D eigenvalue weighted by molar-refractivity contribution is 6.32. The van der Waals surface area contributed by atoms with E-state index >= 15 is 0 Å². The highest BCUT2D eigenvalue weighted by Gasteiger charge is 2.49. The van der Waals surface area contributed by atoms with Crippen molar-refractivity contribution in [2.24, 2.45) is 5.92 Å². The van der Waals surface area contributed by atoms with Gasteiger partial charge in [0.25, 0.3) is 5.91 Å². The Morgan fingerprint density at radius 3 is 2.75 bits per heavy atom. The minimum atomic E-state index is -4.49. The number of carbonyl (C=O) groups excluding carboxylic acids is 1. The maximum Gasteiger partial charge on any atom is 0.408 e. The molecule has 0 spiro atoms. The fraction of sp³-hybridized carbons (Fsp3) is 0.333. The van der Waals surface area contributed by atoms with Crippen LogP contribution in [0.4, 0.5) is 13.2 Å². The molecule has 1 aliphatic rings. The molecule has 1 unspecified atom stereocenters. The van der Waals surface area contributed by atoms with Gasteiger partial charge in [0.1, 0.15) is 11.2 Å². The first-order valence-corrected chi connectivity index (χ1v) is 8.98. The normalized spacial score (nSPS) is 15.6. The van der Waals surface area contributed by atoms with Crippen molar-refractivity contribution >= 4 is 23.2 Å². The van der Waals surface area contributed by atoms with Gasteiger partial charge in [-0.25, -0.2) is 14.5 Å². The molecular weight excluding hydrogens is 395 g/mol. The molecule has 4 rings (SSSR count). The van der Waals surface area contributed by atoms with Crippen LogP contribution in [0.1, 0.15) is 29.0 Å². The van der Waals surface area contributed by atoms with E-state index in [-0.39, 0.29) is 10.8 Å². The Hall–Kier alpha value is -2.68. The van der Waals surface area contributed by atoms with Gasteiger partial charge in [-0.2, -0.15) is 18.3 Å². The van der Waals surface area contributed by atoms with Crippen LogP contribution >= 0.6 is 11.6 Å². The summed E-state index contributed by atoms with van der Waals surface area (Å²) in [6, 6.07) is 4.68. The number of amides is 1. The van der Waals surface area contributed by atoms with Crippen LogP contribution in [0.5, 0.6) is 0 Å². The Bertz CT molecular complexity index is 1060. The minimum Gasteiger partial charge on any atom is -0.339 e. The van der Waals surface area contributed by atoms with E-state index in [0.717, 1.165) is 0 Å². The molecule has 0 bridgehead atoms. The van der Waals surface area contributed by atoms with E-state index in [1.165, 1.54) is 10.6 Å². The van der Waals surface area contributed by atoms with Gasteiger partial charge >= 0.3 is 6.18 Å². The lowest BCUT2D eigenvalue weighted by Gasteiger charge is -2.20. The van der Waals surface area contributed by atoms with Gasteiger partial charge < -0.3 is 5.32 Å². The second-order valence-corrected chi connectivity index (χ2v) is 7.11. The number of alkyl halides is 3. The second kappa shape index (κ2) is 6.73. The SMILES string of the molecule is Cc1cc(-c2cccnc2Cl)nc2cc(C(=O)NC(C3CC3)C(F)(F)F)nn12. The quantitative estimate of drug-likeness (QED) is 0.665. The third-order valence-electron chi connectivity index (χ3n) is 4.61. The zero-order valence-electron chi connectivity index (χ0n) is 14.7. The van der Waals surface area contributed by atoms with E-state index in [2.05, 4.69) is 20.4 Å². The molecule has 1 saturated carbocycles. The lowest BCUT2D eigenvalue weighted by Crippen LogP contribution is -2.47. The molecular formula is C18H15ClF3N5O. The zero-order chi connectivity index (χ0) is 20.1. The number of hydrogen-bond acceptors (Lipinski definition) is 4. The monoisotopic (exact) mass is 409 g/mol. The maximum atomic E-state index is 13.2. The largest absolute Gasteiger partial charge is 0.408 e. The predicted octanol–water partition coefficient (Wildman–Crippen LogP) is 3.82. The van der Waals surface area contributed by atoms with Crippen LogP contribution in [-0.4, -0.2) is 37.7 Å². The van der Waals surface area contributed by atoms with E-state index in [1.54, 1.807) is 31.3 Å². The van der Waals surface area contributed by atoms with Gasteiger partial charge in [0, 0.05) is 23.5 Å². The van der Waals surface area contributed by atoms with Crippen LogP contribution in [0.3, 0.4) is 0 Å². The molecule has 3 aromatic rings. The first kappa shape index (κ1) is 18.7. The molecule has 1 fully saturated rings. The number of hydrogen-bond donors (Lipinski definition) is 1. The van der Waals surface area contributed by atoms with Crippen molar-refractivity contribution in [1.82, 2.24) is 24.9 Å². The number of pyridine rings is 1. The fourth-order valence-electron chi connectivity index (χ4n) is 3.06. The van der Waals surface area contributed by atoms with Crippen LogP contribution in [0.25, 0.3) is 16.9 Å². The van der Waals surface area contributed by atoms with Crippen molar-refractivity contribution in [3.63, 3.8) is 0 Å². The van der Waals surface area contributed by atoms with Gasteiger partial charge in [0.2, 0.25) is 0 Å². The van der Waals surface area contributed by atoms with E-state index in [9.17, 15) is 18.0 Å². The Balaban J connectivity index is 1.67. The first-order chi connectivity index (χ1) is 13.2. The van der Waals surface area contributed by atoms with Gasteiger partial charge in [0.05, 0.1) is 5.69 Å². The lowest BCUT2D eigenvalue weighted by molar-refractivity contribution is -0.158. The zero-order valence-corrected chi connectivity index (χ0v) is 15.4. The standard InChI is InChI=1S/C18H15ClF3N5O/c1-9-7-12(11-3-2-6-23-16(11)19)24-14-8-13(26-27(9)14)17(28)25-15(10-4-5-10)18(20,21)22/h2-3,6-8,10,15H,4-5H2,1H3,(H,25,28). The highest BCUT2D eigenvalue weighted by Crippen LogP contribution is 2.40. The Morgan fingerprint density at radius 2 is 2.11 bits per heavy atom. The van der Waals surface area contributed by atoms with Crippen LogP contribution < -0.4 is 5.32 Å². The van der Waals surface area contributed by atoms with Crippen molar-refractivity contribution in [2.45, 2.75) is 32.0 Å². The van der Waals surface area contributed by atoms with E-state index in [1.807, 2.05) is 0 Å². The van der Waals surface area contributed by atoms with Crippen molar-refractivity contribution in [3.05, 3.63) is 47.0 Å². The smallest absolute Gasteiger partial charge is 0.339 e. The summed E-state index contributed by atoms with van der Waals surface area (Å²) in [5, 5.41) is 6.45. The molecule has 1 amide bonds. The summed E-state index contributed by atoms with van der Waals surface area (Å²) in [5.74, 6) is -1.44. The molecule has 146 valence electrons. The summed E-state index contributed by atoms with van der Waals surface area (Å²) in [7, 11) is 0. The predicted molar refractivity (Wildman–Crippen MR) is 96.0 cm³/mol. The Labute approximate surface area is 162 Å². The molecule has 0 radical (unpaired) electrons. The van der Waals surface area contributed by atoms with Gasteiger partial charge in [-0.1, -0.05) is 11.6 Å². The maximum absolute atomic E-state index is 13.2. The molecule has 0 aromatic carbocycles. The second-order valence-electron chi connectivity index (χ2n) is 6.75. The highest BCUT2D eigenvalue weighted by atomic mass is 35.5. The number of carbonyl (C=O) groups is 1. The molecule has 0 saturated heterocycles. The topological polar surface area (TPSA) is 72.2 Å². The Morgan fingerprint density at radius 1 is 1.36 bits per heavy atom. The van der Waals surface area contributed by atoms with Crippen LogP contribution in [0.15, 0.2) is 30.5 Å². The van der Waals surface area contributed by atoms with Crippen molar-refractivity contribution in [2.75, 3.05) is 0 Å². The number of aromatic nitrogens is 4.